The van der Waals surface area contributed by atoms with Gasteiger partial charge in [-0.25, -0.2) is 19.9 Å². The number of para-hydroxylation sites is 4. The number of thiazole rings is 2. The van der Waals surface area contributed by atoms with E-state index in [1.165, 1.54) is 94.7 Å². The first-order valence-corrected chi connectivity index (χ1v) is 25.9. The van der Waals surface area contributed by atoms with E-state index in [1.807, 2.05) is 0 Å². The van der Waals surface area contributed by atoms with Crippen molar-refractivity contribution in [1.29, 1.82) is 0 Å². The molecule has 2 aliphatic heterocycles. The van der Waals surface area contributed by atoms with Gasteiger partial charge in [-0.3, -0.25) is 0 Å². The Labute approximate surface area is 395 Å². The van der Waals surface area contributed by atoms with E-state index in [0.29, 0.717) is 35.2 Å². The monoisotopic (exact) mass is 896 g/mol. The molecule has 5 heterocycles. The lowest BCUT2D eigenvalue weighted by molar-refractivity contribution is 0.389. The molecule has 3 aromatic heterocycles. The van der Waals surface area contributed by atoms with Gasteiger partial charge in [0, 0.05) is 46.0 Å². The van der Waals surface area contributed by atoms with E-state index < -0.39 is 0 Å². The fourth-order valence-corrected chi connectivity index (χ4v) is 13.8. The Morgan fingerprint density at radius 2 is 0.742 bits per heavy atom. The molecule has 8 heteroatoms. The van der Waals surface area contributed by atoms with Gasteiger partial charge in [0.25, 0.3) is 0 Å². The molecule has 0 amide bonds. The highest BCUT2D eigenvalue weighted by Gasteiger charge is 2.34. The van der Waals surface area contributed by atoms with Gasteiger partial charge in [-0.2, -0.15) is 0 Å². The average molecular weight is 897 g/mol. The zero-order valence-corrected chi connectivity index (χ0v) is 38.8. The minimum atomic E-state index is 0.468. The summed E-state index contributed by atoms with van der Waals surface area (Å²) < 4.78 is 0. The second-order valence-corrected chi connectivity index (χ2v) is 21.0. The maximum Gasteiger partial charge on any atom is 0.192 e. The third-order valence-electron chi connectivity index (χ3n) is 15.2. The van der Waals surface area contributed by atoms with Crippen molar-refractivity contribution in [3.63, 3.8) is 0 Å². The molecule has 13 rings (SSSR count). The van der Waals surface area contributed by atoms with E-state index in [9.17, 15) is 0 Å². The lowest BCUT2D eigenvalue weighted by Crippen LogP contribution is -2.35. The Morgan fingerprint density at radius 1 is 0.379 bits per heavy atom. The summed E-state index contributed by atoms with van der Waals surface area (Å²) >= 11 is 3.25. The van der Waals surface area contributed by atoms with Gasteiger partial charge in [0.15, 0.2) is 21.0 Å². The van der Waals surface area contributed by atoms with Crippen molar-refractivity contribution in [2.75, 3.05) is 9.80 Å². The molecule has 2 aliphatic carbocycles. The Balaban J connectivity index is 0.707. The second kappa shape index (κ2) is 16.9. The van der Waals surface area contributed by atoms with Crippen LogP contribution in [0.15, 0.2) is 146 Å². The second-order valence-electron chi connectivity index (χ2n) is 19.1. The number of aryl methyl sites for hydroxylation is 4. The lowest BCUT2D eigenvalue weighted by atomic mass is 9.80. The first-order valence-electron chi connectivity index (χ1n) is 24.2. The SMILES string of the molecule is c1ccc2c(c1)CCc1ccccc1N2C1CCCC(c2ccc(-c3nc4nc5nc(-c6ccc(C7CCCC(N8c9ccccc9CCc9ccccc98)C7)cc6)sc5nc4s3)cc2)C1. The summed E-state index contributed by atoms with van der Waals surface area (Å²) in [5.41, 5.74) is 17.9. The van der Waals surface area contributed by atoms with Crippen LogP contribution in [-0.2, 0) is 25.7 Å². The summed E-state index contributed by atoms with van der Waals surface area (Å²) in [6.45, 7) is 0. The van der Waals surface area contributed by atoms with Crippen LogP contribution in [0.4, 0.5) is 22.7 Å². The highest BCUT2D eigenvalue weighted by atomic mass is 32.1. The van der Waals surface area contributed by atoms with Gasteiger partial charge >= 0.3 is 0 Å². The van der Waals surface area contributed by atoms with Gasteiger partial charge in [0.05, 0.1) is 0 Å². The molecule has 0 N–H and O–H groups in total. The van der Waals surface area contributed by atoms with E-state index in [0.717, 1.165) is 69.3 Å². The topological polar surface area (TPSA) is 58.0 Å². The van der Waals surface area contributed by atoms with E-state index in [-0.39, 0.29) is 0 Å². The zero-order chi connectivity index (χ0) is 43.6. The molecule has 9 aromatic rings. The minimum absolute atomic E-state index is 0.468. The van der Waals surface area contributed by atoms with Gasteiger partial charge in [0.2, 0.25) is 0 Å². The molecule has 0 saturated heterocycles. The number of nitrogens with zero attached hydrogens (tertiary/aromatic N) is 6. The number of hydrogen-bond donors (Lipinski definition) is 0. The highest BCUT2D eigenvalue weighted by Crippen LogP contribution is 2.46. The number of hydrogen-bond acceptors (Lipinski definition) is 8. The maximum absolute atomic E-state index is 5.08. The molecule has 4 unspecified atom stereocenters. The van der Waals surface area contributed by atoms with Crippen molar-refractivity contribution in [1.82, 2.24) is 19.9 Å². The molecule has 2 fully saturated rings. The van der Waals surface area contributed by atoms with Crippen LogP contribution < -0.4 is 9.80 Å². The number of aromatic nitrogens is 4. The summed E-state index contributed by atoms with van der Waals surface area (Å²) in [5.74, 6) is 1.04. The third-order valence-corrected chi connectivity index (χ3v) is 17.2. The summed E-state index contributed by atoms with van der Waals surface area (Å²) in [6, 6.07) is 55.7. The van der Waals surface area contributed by atoms with Crippen molar-refractivity contribution >= 4 is 66.4 Å². The lowest BCUT2D eigenvalue weighted by Gasteiger charge is -2.40. The molecule has 326 valence electrons. The largest absolute Gasteiger partial charge is 0.338 e. The molecule has 66 heavy (non-hydrogen) atoms. The summed E-state index contributed by atoms with van der Waals surface area (Å²) in [4.78, 5) is 27.2. The maximum atomic E-state index is 5.08. The predicted octanol–water partition coefficient (Wildman–Crippen LogP) is 15.0. The molecule has 4 atom stereocenters. The van der Waals surface area contributed by atoms with Crippen LogP contribution >= 0.6 is 22.7 Å². The van der Waals surface area contributed by atoms with Crippen molar-refractivity contribution in [3.05, 3.63) is 179 Å². The Bertz CT molecular complexity index is 2870. The van der Waals surface area contributed by atoms with Crippen LogP contribution in [0, 0.1) is 0 Å². The standard InChI is InChI=1S/C58H52N6S2/c1-5-19-49-39(11-1)27-28-40-12-2-6-20-50(40)63(49)47-17-9-15-45(35-47)37-23-31-43(32-24-37)55-60-53-57(65-55)62-58-54(59-53)61-56(66-58)44-33-25-38(26-34-44)46-16-10-18-48(36-46)64-51-21-7-3-13-41(51)29-30-42-14-4-8-22-52(42)64/h1-8,11-14,19-26,31-34,45-48H,9-10,15-18,27-30,35-36H2. The summed E-state index contributed by atoms with van der Waals surface area (Å²) in [5, 5.41) is 1.91. The van der Waals surface area contributed by atoms with Crippen LogP contribution in [0.5, 0.6) is 0 Å². The molecule has 6 nitrogen and oxygen atoms in total. The normalized spacial score (nSPS) is 20.5. The molecular weight excluding hydrogens is 845 g/mol. The van der Waals surface area contributed by atoms with Crippen LogP contribution in [-0.4, -0.2) is 32.0 Å². The van der Waals surface area contributed by atoms with Crippen molar-refractivity contribution in [3.8, 4) is 21.1 Å². The van der Waals surface area contributed by atoms with Crippen molar-refractivity contribution in [2.45, 2.75) is 101 Å². The van der Waals surface area contributed by atoms with E-state index in [4.69, 9.17) is 19.9 Å². The number of benzene rings is 6. The van der Waals surface area contributed by atoms with Crippen LogP contribution in [0.1, 0.15) is 96.6 Å². The Kier molecular flexibility index (Phi) is 10.3. The molecule has 6 aromatic carbocycles. The van der Waals surface area contributed by atoms with Crippen LogP contribution in [0.25, 0.3) is 42.1 Å². The number of anilines is 4. The van der Waals surface area contributed by atoms with Gasteiger partial charge < -0.3 is 9.80 Å². The van der Waals surface area contributed by atoms with E-state index >= 15 is 0 Å². The molecule has 4 aliphatic rings. The van der Waals surface area contributed by atoms with Gasteiger partial charge in [0.1, 0.15) is 10.0 Å². The van der Waals surface area contributed by atoms with Crippen LogP contribution in [0.2, 0.25) is 0 Å². The zero-order valence-electron chi connectivity index (χ0n) is 37.2. The molecule has 0 bridgehead atoms. The predicted molar refractivity (Wildman–Crippen MR) is 274 cm³/mol. The Hall–Kier alpha value is -6.22. The quantitative estimate of drug-likeness (QED) is 0.166. The first-order chi connectivity index (χ1) is 32.7. The first kappa shape index (κ1) is 40.1. The molecule has 0 spiro atoms. The summed E-state index contributed by atoms with van der Waals surface area (Å²) in [7, 11) is 0. The molecular formula is C58H52N6S2. The highest BCUT2D eigenvalue weighted by molar-refractivity contribution is 7.22. The smallest absolute Gasteiger partial charge is 0.192 e. The van der Waals surface area contributed by atoms with Gasteiger partial charge in [-0.15, -0.1) is 0 Å². The fourth-order valence-electron chi connectivity index (χ4n) is 12.0. The summed E-state index contributed by atoms with van der Waals surface area (Å²) in [6.07, 6.45) is 14.0. The fraction of sp³-hybridized carbons (Fsp3) is 0.276. The minimum Gasteiger partial charge on any atom is -0.338 e. The van der Waals surface area contributed by atoms with E-state index in [2.05, 4.69) is 155 Å². The third kappa shape index (κ3) is 7.30. The molecule has 0 radical (unpaired) electrons. The Morgan fingerprint density at radius 3 is 1.12 bits per heavy atom. The van der Waals surface area contributed by atoms with Gasteiger partial charge in [-0.1, -0.05) is 157 Å². The van der Waals surface area contributed by atoms with Crippen molar-refractivity contribution < 1.29 is 0 Å². The van der Waals surface area contributed by atoms with Gasteiger partial charge in [-0.05, 0) is 134 Å². The molecule has 2 saturated carbocycles. The average Bonchev–Trinajstić information content (AvgIpc) is 3.89. The number of rotatable bonds is 6. The van der Waals surface area contributed by atoms with Crippen LogP contribution in [0.3, 0.4) is 0 Å². The van der Waals surface area contributed by atoms with Crippen molar-refractivity contribution in [2.24, 2.45) is 0 Å². The number of fused-ring (bicyclic) bond motifs is 6. The van der Waals surface area contributed by atoms with E-state index in [1.54, 1.807) is 22.7 Å².